The quantitative estimate of drug-likeness (QED) is 0.377. The second kappa shape index (κ2) is 2.40. The van der Waals surface area contributed by atoms with Crippen LogP contribution in [-0.2, 0) is 9.47 Å². The molecule has 0 aromatic heterocycles. The van der Waals surface area contributed by atoms with E-state index in [0.29, 0.717) is 0 Å². The molecule has 2 aliphatic rings. The number of hydrogen-bond acceptors (Lipinski definition) is 5. The summed E-state index contributed by atoms with van der Waals surface area (Å²) in [5.74, 6) is 0. The van der Waals surface area contributed by atoms with E-state index >= 15 is 0 Å². The van der Waals surface area contributed by atoms with Crippen LogP contribution in [0.15, 0.2) is 0 Å². The lowest BCUT2D eigenvalue weighted by atomic mass is 10.0. The first-order valence-corrected chi connectivity index (χ1v) is 3.51. The van der Waals surface area contributed by atoms with E-state index in [1.165, 1.54) is 0 Å². The van der Waals surface area contributed by atoms with Crippen molar-refractivity contribution in [3.8, 4) is 0 Å². The molecule has 0 radical (unpaired) electrons. The van der Waals surface area contributed by atoms with Gasteiger partial charge in [-0.05, 0) is 0 Å². The molecule has 0 amide bonds. The van der Waals surface area contributed by atoms with Crippen LogP contribution in [0.5, 0.6) is 0 Å². The van der Waals surface area contributed by atoms with Crippen molar-refractivity contribution in [3.05, 3.63) is 0 Å². The molecule has 2 aliphatic heterocycles. The van der Waals surface area contributed by atoms with Gasteiger partial charge in [0.1, 0.15) is 24.4 Å². The molecule has 2 fully saturated rings. The van der Waals surface area contributed by atoms with Gasteiger partial charge in [0.2, 0.25) is 0 Å². The first-order valence-electron chi connectivity index (χ1n) is 3.51. The van der Waals surface area contributed by atoms with Crippen LogP contribution in [0.1, 0.15) is 0 Å². The molecule has 0 spiro atoms. The number of fused-ring (bicyclic) bond motifs is 2. The third kappa shape index (κ3) is 0.969. The number of hydrogen-bond donors (Lipinski definition) is 3. The summed E-state index contributed by atoms with van der Waals surface area (Å²) in [7, 11) is 0. The van der Waals surface area contributed by atoms with Crippen LogP contribution < -0.4 is 0 Å². The van der Waals surface area contributed by atoms with Crippen molar-refractivity contribution in [2.45, 2.75) is 30.7 Å². The van der Waals surface area contributed by atoms with Crippen molar-refractivity contribution in [1.29, 1.82) is 0 Å². The predicted octanol–water partition coefficient (Wildman–Crippen LogP) is -2.18. The Labute approximate surface area is 63.2 Å². The Balaban J connectivity index is 2.16. The molecule has 2 heterocycles. The molecular weight excluding hydrogens is 152 g/mol. The summed E-state index contributed by atoms with van der Waals surface area (Å²) in [5.41, 5.74) is 0. The van der Waals surface area contributed by atoms with Crippen LogP contribution >= 0.6 is 0 Å². The maximum atomic E-state index is 9.28. The fourth-order valence-electron chi connectivity index (χ4n) is 1.46. The summed E-state index contributed by atoms with van der Waals surface area (Å²) in [4.78, 5) is 0. The number of ether oxygens (including phenoxy) is 2. The van der Waals surface area contributed by atoms with Crippen LogP contribution in [0, 0.1) is 0 Å². The third-order valence-corrected chi connectivity index (χ3v) is 2.11. The van der Waals surface area contributed by atoms with Crippen LogP contribution in [0.2, 0.25) is 0 Å². The summed E-state index contributed by atoms with van der Waals surface area (Å²) in [6.45, 7) is 0.236. The monoisotopic (exact) mass is 162 g/mol. The zero-order valence-electron chi connectivity index (χ0n) is 5.75. The van der Waals surface area contributed by atoms with Gasteiger partial charge in [0.25, 0.3) is 0 Å². The summed E-state index contributed by atoms with van der Waals surface area (Å²) in [5, 5.41) is 27.5. The number of aliphatic hydroxyl groups excluding tert-OH is 3. The van der Waals surface area contributed by atoms with Gasteiger partial charge in [-0.2, -0.15) is 0 Å². The zero-order valence-corrected chi connectivity index (χ0v) is 5.75. The SMILES string of the molecule is OC1C2OCC(O[C@@H]1O)[C@H]2O. The van der Waals surface area contributed by atoms with Gasteiger partial charge in [0, 0.05) is 0 Å². The first kappa shape index (κ1) is 7.45. The Kier molecular flexibility index (Phi) is 1.62. The fraction of sp³-hybridized carbons (Fsp3) is 1.00. The van der Waals surface area contributed by atoms with Crippen LogP contribution in [0.25, 0.3) is 0 Å². The van der Waals surface area contributed by atoms with E-state index in [-0.39, 0.29) is 6.61 Å². The fourth-order valence-corrected chi connectivity index (χ4v) is 1.46. The zero-order chi connectivity index (χ0) is 8.01. The normalized spacial score (nSPS) is 56.5. The van der Waals surface area contributed by atoms with Crippen molar-refractivity contribution in [2.75, 3.05) is 6.61 Å². The lowest BCUT2D eigenvalue weighted by molar-refractivity contribution is -0.242. The molecule has 0 aromatic rings. The Hall–Kier alpha value is -0.200. The predicted molar refractivity (Wildman–Crippen MR) is 32.6 cm³/mol. The van der Waals surface area contributed by atoms with Crippen LogP contribution in [0.4, 0.5) is 0 Å². The van der Waals surface area contributed by atoms with Crippen LogP contribution in [0.3, 0.4) is 0 Å². The highest BCUT2D eigenvalue weighted by atomic mass is 16.7. The van der Waals surface area contributed by atoms with Crippen molar-refractivity contribution in [3.63, 3.8) is 0 Å². The molecule has 5 heteroatoms. The molecule has 2 saturated heterocycles. The van der Waals surface area contributed by atoms with Gasteiger partial charge in [-0.3, -0.25) is 0 Å². The Morgan fingerprint density at radius 3 is 2.55 bits per heavy atom. The molecule has 5 nitrogen and oxygen atoms in total. The average molecular weight is 162 g/mol. The highest BCUT2D eigenvalue weighted by Crippen LogP contribution is 2.28. The minimum atomic E-state index is -1.23. The van der Waals surface area contributed by atoms with E-state index in [1.54, 1.807) is 0 Å². The Morgan fingerprint density at radius 2 is 1.82 bits per heavy atom. The summed E-state index contributed by atoms with van der Waals surface area (Å²) in [6.07, 6.45) is -4.35. The lowest BCUT2D eigenvalue weighted by Crippen LogP contribution is -2.52. The van der Waals surface area contributed by atoms with E-state index in [9.17, 15) is 10.2 Å². The lowest BCUT2D eigenvalue weighted by Gasteiger charge is -2.31. The molecule has 64 valence electrons. The minimum absolute atomic E-state index is 0.236. The largest absolute Gasteiger partial charge is 0.387 e. The molecule has 2 bridgehead atoms. The molecule has 5 atom stereocenters. The van der Waals surface area contributed by atoms with E-state index in [2.05, 4.69) is 0 Å². The molecule has 0 aliphatic carbocycles. The molecule has 0 aromatic carbocycles. The highest BCUT2D eigenvalue weighted by molar-refractivity contribution is 4.94. The van der Waals surface area contributed by atoms with Gasteiger partial charge in [-0.1, -0.05) is 0 Å². The third-order valence-electron chi connectivity index (χ3n) is 2.11. The summed E-state index contributed by atoms with van der Waals surface area (Å²) < 4.78 is 9.82. The van der Waals surface area contributed by atoms with Gasteiger partial charge in [-0.15, -0.1) is 0 Å². The van der Waals surface area contributed by atoms with Gasteiger partial charge >= 0.3 is 0 Å². The van der Waals surface area contributed by atoms with Crippen molar-refractivity contribution in [2.24, 2.45) is 0 Å². The number of rotatable bonds is 0. The molecule has 3 unspecified atom stereocenters. The molecule has 11 heavy (non-hydrogen) atoms. The maximum absolute atomic E-state index is 9.28. The van der Waals surface area contributed by atoms with E-state index in [0.717, 1.165) is 0 Å². The standard InChI is InChI=1S/C6H10O5/c7-3-2-1-10-5(3)4(8)6(9)11-2/h2-9H,1H2/t2?,3-,4?,5?,6+/m1/s1. The van der Waals surface area contributed by atoms with Gasteiger partial charge in [0.05, 0.1) is 6.61 Å². The number of aliphatic hydroxyl groups is 3. The average Bonchev–Trinajstić information content (AvgIpc) is 2.23. The van der Waals surface area contributed by atoms with Crippen molar-refractivity contribution >= 4 is 0 Å². The van der Waals surface area contributed by atoms with E-state index in [1.807, 2.05) is 0 Å². The molecule has 3 N–H and O–H groups in total. The second-order valence-electron chi connectivity index (χ2n) is 2.84. The molecular formula is C6H10O5. The molecule has 2 rings (SSSR count). The van der Waals surface area contributed by atoms with E-state index < -0.39 is 30.7 Å². The Morgan fingerprint density at radius 1 is 1.09 bits per heavy atom. The van der Waals surface area contributed by atoms with Gasteiger partial charge in [-0.25, -0.2) is 0 Å². The summed E-state index contributed by atoms with van der Waals surface area (Å²) in [6, 6.07) is 0. The van der Waals surface area contributed by atoms with Crippen molar-refractivity contribution < 1.29 is 24.8 Å². The summed E-state index contributed by atoms with van der Waals surface area (Å²) >= 11 is 0. The molecule has 0 saturated carbocycles. The minimum Gasteiger partial charge on any atom is -0.387 e. The first-order chi connectivity index (χ1) is 5.20. The highest BCUT2D eigenvalue weighted by Gasteiger charge is 2.49. The van der Waals surface area contributed by atoms with Crippen LogP contribution in [-0.4, -0.2) is 52.6 Å². The maximum Gasteiger partial charge on any atom is 0.184 e. The topological polar surface area (TPSA) is 79.2 Å². The second-order valence-corrected chi connectivity index (χ2v) is 2.84. The smallest absolute Gasteiger partial charge is 0.184 e. The Bertz CT molecular complexity index is 161. The van der Waals surface area contributed by atoms with Gasteiger partial charge < -0.3 is 24.8 Å². The van der Waals surface area contributed by atoms with Gasteiger partial charge in [0.15, 0.2) is 6.29 Å². The van der Waals surface area contributed by atoms with Crippen molar-refractivity contribution in [1.82, 2.24) is 0 Å². The van der Waals surface area contributed by atoms with E-state index in [4.69, 9.17) is 14.6 Å².